The van der Waals surface area contributed by atoms with Crippen LogP contribution in [0.5, 0.6) is 0 Å². The highest BCUT2D eigenvalue weighted by Gasteiger charge is 2.33. The lowest BCUT2D eigenvalue weighted by atomic mass is 10.1. The van der Waals surface area contributed by atoms with Crippen LogP contribution in [0.15, 0.2) is 18.2 Å². The van der Waals surface area contributed by atoms with E-state index < -0.39 is 12.0 Å². The van der Waals surface area contributed by atoms with Crippen molar-refractivity contribution < 1.29 is 14.3 Å². The minimum Gasteiger partial charge on any atom is -0.480 e. The minimum atomic E-state index is -0.924. The summed E-state index contributed by atoms with van der Waals surface area (Å²) in [6.07, 6.45) is 0. The van der Waals surface area contributed by atoms with Gasteiger partial charge in [0.2, 0.25) is 0 Å². The van der Waals surface area contributed by atoms with Crippen molar-refractivity contribution in [3.05, 3.63) is 46.8 Å². The molecule has 1 atom stereocenters. The van der Waals surface area contributed by atoms with Crippen LogP contribution in [-0.4, -0.2) is 36.8 Å². The Bertz CT molecular complexity index is 728. The van der Waals surface area contributed by atoms with Crippen LogP contribution in [0, 0.1) is 19.7 Å². The molecule has 1 unspecified atom stereocenters. The Labute approximate surface area is 127 Å². The summed E-state index contributed by atoms with van der Waals surface area (Å²) in [7, 11) is 0. The average Bonchev–Trinajstić information content (AvgIpc) is 2.83. The number of aryl methyl sites for hydroxylation is 2. The third-order valence-electron chi connectivity index (χ3n) is 4.01. The first kappa shape index (κ1) is 14.6. The number of rotatable bonds is 3. The summed E-state index contributed by atoms with van der Waals surface area (Å²) < 4.78 is 15.8. The number of hydrogen-bond donors (Lipinski definition) is 1. The standard InChI is InChI=1S/C15H17FN4O2/c1-9-3-4-12(16)11(5-9)6-19-8-14-18-17-10(2)20(14)7-13(19)15(21)22/h3-5,13H,6-8H2,1-2H3,(H,21,22). The molecule has 0 aliphatic carbocycles. The van der Waals surface area contributed by atoms with Gasteiger partial charge >= 0.3 is 5.97 Å². The van der Waals surface area contributed by atoms with Crippen LogP contribution in [0.25, 0.3) is 0 Å². The maximum atomic E-state index is 13.9. The normalized spacial score (nSPS) is 18.2. The Morgan fingerprint density at radius 3 is 2.91 bits per heavy atom. The van der Waals surface area contributed by atoms with Gasteiger partial charge in [0.25, 0.3) is 0 Å². The zero-order valence-corrected chi connectivity index (χ0v) is 12.5. The molecule has 3 rings (SSSR count). The Morgan fingerprint density at radius 2 is 2.18 bits per heavy atom. The van der Waals surface area contributed by atoms with Gasteiger partial charge in [0, 0.05) is 12.1 Å². The number of hydrogen-bond acceptors (Lipinski definition) is 4. The molecular weight excluding hydrogens is 287 g/mol. The summed E-state index contributed by atoms with van der Waals surface area (Å²) in [5, 5.41) is 17.5. The van der Waals surface area contributed by atoms with E-state index in [1.807, 2.05) is 11.5 Å². The molecule has 0 bridgehead atoms. The number of aromatic nitrogens is 3. The molecular formula is C15H17FN4O2. The van der Waals surface area contributed by atoms with Gasteiger partial charge in [0.1, 0.15) is 23.5 Å². The topological polar surface area (TPSA) is 71.2 Å². The van der Waals surface area contributed by atoms with Gasteiger partial charge in [-0.3, -0.25) is 9.69 Å². The molecule has 1 aromatic carbocycles. The van der Waals surface area contributed by atoms with Crippen molar-refractivity contribution in [1.29, 1.82) is 0 Å². The SMILES string of the molecule is Cc1ccc(F)c(CN2Cc3nnc(C)n3CC2C(=O)O)c1. The molecule has 0 amide bonds. The largest absolute Gasteiger partial charge is 0.480 e. The van der Waals surface area contributed by atoms with Crippen molar-refractivity contribution in [2.75, 3.05) is 0 Å². The van der Waals surface area contributed by atoms with E-state index in [1.54, 1.807) is 24.0 Å². The summed E-state index contributed by atoms with van der Waals surface area (Å²) in [6, 6.07) is 4.14. The lowest BCUT2D eigenvalue weighted by Gasteiger charge is -2.33. The number of aliphatic carboxylic acids is 1. The van der Waals surface area contributed by atoms with Crippen molar-refractivity contribution in [1.82, 2.24) is 19.7 Å². The van der Waals surface area contributed by atoms with E-state index in [0.29, 0.717) is 23.8 Å². The van der Waals surface area contributed by atoms with Gasteiger partial charge in [-0.25, -0.2) is 4.39 Å². The first-order valence-electron chi connectivity index (χ1n) is 7.06. The Hall–Kier alpha value is -2.28. The average molecular weight is 304 g/mol. The van der Waals surface area contributed by atoms with Crippen molar-refractivity contribution >= 4 is 5.97 Å². The predicted octanol–water partition coefficient (Wildman–Crippen LogP) is 1.50. The quantitative estimate of drug-likeness (QED) is 0.930. The lowest BCUT2D eigenvalue weighted by molar-refractivity contribution is -0.145. The third-order valence-corrected chi connectivity index (χ3v) is 4.01. The van der Waals surface area contributed by atoms with E-state index in [4.69, 9.17) is 0 Å². The van der Waals surface area contributed by atoms with Crippen molar-refractivity contribution in [3.63, 3.8) is 0 Å². The first-order valence-corrected chi connectivity index (χ1v) is 7.06. The van der Waals surface area contributed by atoms with Crippen LogP contribution in [0.2, 0.25) is 0 Å². The molecule has 7 heteroatoms. The molecule has 0 spiro atoms. The van der Waals surface area contributed by atoms with Crippen LogP contribution in [0.4, 0.5) is 4.39 Å². The van der Waals surface area contributed by atoms with Crippen LogP contribution in [-0.2, 0) is 24.4 Å². The van der Waals surface area contributed by atoms with Crippen LogP contribution in [0.3, 0.4) is 0 Å². The van der Waals surface area contributed by atoms with E-state index in [-0.39, 0.29) is 18.9 Å². The van der Waals surface area contributed by atoms with Gasteiger partial charge in [0.15, 0.2) is 0 Å². The Balaban J connectivity index is 1.91. The number of fused-ring (bicyclic) bond motifs is 1. The first-order chi connectivity index (χ1) is 10.5. The molecule has 1 aliphatic heterocycles. The van der Waals surface area contributed by atoms with E-state index in [9.17, 15) is 14.3 Å². The van der Waals surface area contributed by atoms with Crippen molar-refractivity contribution in [2.24, 2.45) is 0 Å². The van der Waals surface area contributed by atoms with E-state index in [0.717, 1.165) is 5.56 Å². The second-order valence-electron chi connectivity index (χ2n) is 5.63. The van der Waals surface area contributed by atoms with Gasteiger partial charge in [-0.1, -0.05) is 17.7 Å². The predicted molar refractivity (Wildman–Crippen MR) is 76.6 cm³/mol. The van der Waals surface area contributed by atoms with Crippen LogP contribution < -0.4 is 0 Å². The highest BCUT2D eigenvalue weighted by Crippen LogP contribution is 2.22. The van der Waals surface area contributed by atoms with E-state index in [2.05, 4.69) is 10.2 Å². The second-order valence-corrected chi connectivity index (χ2v) is 5.63. The summed E-state index contributed by atoms with van der Waals surface area (Å²) in [5.74, 6) is 0.162. The minimum absolute atomic E-state index is 0.233. The third kappa shape index (κ3) is 2.59. The fraction of sp³-hybridized carbons (Fsp3) is 0.400. The molecule has 0 radical (unpaired) electrons. The molecule has 22 heavy (non-hydrogen) atoms. The highest BCUT2D eigenvalue weighted by atomic mass is 19.1. The number of nitrogens with zero attached hydrogens (tertiary/aromatic N) is 4. The summed E-state index contributed by atoms with van der Waals surface area (Å²) in [5.41, 5.74) is 1.44. The van der Waals surface area contributed by atoms with E-state index >= 15 is 0 Å². The molecule has 1 N–H and O–H groups in total. The van der Waals surface area contributed by atoms with Gasteiger partial charge in [-0.15, -0.1) is 10.2 Å². The molecule has 0 saturated heterocycles. The van der Waals surface area contributed by atoms with Gasteiger partial charge < -0.3 is 9.67 Å². The summed E-state index contributed by atoms with van der Waals surface area (Å²) in [6.45, 7) is 4.53. The molecule has 2 aromatic rings. The van der Waals surface area contributed by atoms with Gasteiger partial charge in [0.05, 0.1) is 13.1 Å². The smallest absolute Gasteiger partial charge is 0.322 e. The summed E-state index contributed by atoms with van der Waals surface area (Å²) >= 11 is 0. The fourth-order valence-electron chi connectivity index (χ4n) is 2.80. The molecule has 116 valence electrons. The number of halogens is 1. The number of carboxylic acids is 1. The monoisotopic (exact) mass is 304 g/mol. The second kappa shape index (κ2) is 5.49. The highest BCUT2D eigenvalue weighted by molar-refractivity contribution is 5.73. The molecule has 2 heterocycles. The maximum absolute atomic E-state index is 13.9. The lowest BCUT2D eigenvalue weighted by Crippen LogP contribution is -2.47. The zero-order valence-electron chi connectivity index (χ0n) is 12.5. The molecule has 0 fully saturated rings. The van der Waals surface area contributed by atoms with Crippen molar-refractivity contribution in [3.8, 4) is 0 Å². The maximum Gasteiger partial charge on any atom is 0.322 e. The van der Waals surface area contributed by atoms with E-state index in [1.165, 1.54) is 6.07 Å². The van der Waals surface area contributed by atoms with Gasteiger partial charge in [-0.05, 0) is 19.9 Å². The fourth-order valence-corrected chi connectivity index (χ4v) is 2.80. The van der Waals surface area contributed by atoms with Crippen LogP contribution >= 0.6 is 0 Å². The zero-order chi connectivity index (χ0) is 15.9. The molecule has 1 aliphatic rings. The number of carboxylic acid groups (broad SMARTS) is 1. The molecule has 0 saturated carbocycles. The Kier molecular flexibility index (Phi) is 3.66. The van der Waals surface area contributed by atoms with Crippen LogP contribution in [0.1, 0.15) is 22.8 Å². The Morgan fingerprint density at radius 1 is 1.41 bits per heavy atom. The molecule has 6 nitrogen and oxygen atoms in total. The number of carbonyl (C=O) groups is 1. The van der Waals surface area contributed by atoms with Crippen molar-refractivity contribution in [2.45, 2.75) is 39.5 Å². The number of benzene rings is 1. The summed E-state index contributed by atoms with van der Waals surface area (Å²) in [4.78, 5) is 13.3. The molecule has 1 aromatic heterocycles. The van der Waals surface area contributed by atoms with Gasteiger partial charge in [-0.2, -0.15) is 0 Å².